The van der Waals surface area contributed by atoms with Gasteiger partial charge in [-0.15, -0.1) is 0 Å². The monoisotopic (exact) mass is 407 g/mol. The lowest BCUT2D eigenvalue weighted by atomic mass is 9.95. The number of H-pyrrole nitrogens is 1. The number of nitrogens with zero attached hydrogens (tertiary/aromatic N) is 2. The van der Waals surface area contributed by atoms with Gasteiger partial charge in [-0.05, 0) is 43.2 Å². The fraction of sp³-hybridized carbons (Fsp3) is 0.304. The average molecular weight is 407 g/mol. The van der Waals surface area contributed by atoms with E-state index >= 15 is 0 Å². The number of carbonyl (C=O) groups excluding carboxylic acids is 1. The van der Waals surface area contributed by atoms with Crippen molar-refractivity contribution in [3.63, 3.8) is 0 Å². The zero-order chi connectivity index (χ0) is 21.3. The summed E-state index contributed by atoms with van der Waals surface area (Å²) in [6, 6.07) is 12.4. The van der Waals surface area contributed by atoms with E-state index in [1.807, 2.05) is 38.1 Å². The van der Waals surface area contributed by atoms with E-state index in [2.05, 4.69) is 10.2 Å². The van der Waals surface area contributed by atoms with Crippen molar-refractivity contribution < 1.29 is 19.4 Å². The standard InChI is InChI=1S/C23H25N3O4/c1-4-12-30-17-11-10-14(13-18(17)29-3)22-19-20(15-8-6-7-9-16(15)27)24-25-21(19)23(28)26(22)5-2/h6-11,13,22,27H,4-5,12H2,1-3H3,(H,24,25)/t22-/m1/s1. The first-order valence-corrected chi connectivity index (χ1v) is 10.1. The molecular weight excluding hydrogens is 382 g/mol. The third-order valence-electron chi connectivity index (χ3n) is 5.33. The molecule has 0 radical (unpaired) electrons. The largest absolute Gasteiger partial charge is 0.507 e. The Morgan fingerprint density at radius 2 is 1.97 bits per heavy atom. The quantitative estimate of drug-likeness (QED) is 0.614. The number of benzene rings is 2. The molecule has 2 aromatic carbocycles. The first kappa shape index (κ1) is 19.8. The van der Waals surface area contributed by atoms with Gasteiger partial charge in [0.05, 0.1) is 19.8 Å². The third kappa shape index (κ3) is 3.16. The van der Waals surface area contributed by atoms with Gasteiger partial charge in [-0.25, -0.2) is 0 Å². The second-order valence-corrected chi connectivity index (χ2v) is 7.13. The summed E-state index contributed by atoms with van der Waals surface area (Å²) < 4.78 is 11.3. The molecule has 4 rings (SSSR count). The molecule has 7 nitrogen and oxygen atoms in total. The van der Waals surface area contributed by atoms with Crippen molar-refractivity contribution in [3.8, 4) is 28.5 Å². The Hall–Kier alpha value is -3.48. The second-order valence-electron chi connectivity index (χ2n) is 7.13. The number of fused-ring (bicyclic) bond motifs is 1. The Bertz CT molecular complexity index is 1080. The van der Waals surface area contributed by atoms with Crippen LogP contribution in [0.5, 0.6) is 17.2 Å². The molecule has 0 fully saturated rings. The maximum absolute atomic E-state index is 13.0. The van der Waals surface area contributed by atoms with Crippen molar-refractivity contribution in [2.75, 3.05) is 20.3 Å². The van der Waals surface area contributed by atoms with Crippen molar-refractivity contribution in [3.05, 3.63) is 59.3 Å². The minimum atomic E-state index is -0.347. The lowest BCUT2D eigenvalue weighted by molar-refractivity contribution is 0.0753. The molecule has 7 heteroatoms. The fourth-order valence-electron chi connectivity index (χ4n) is 3.93. The Kier molecular flexibility index (Phi) is 5.35. The Morgan fingerprint density at radius 3 is 2.67 bits per heavy atom. The average Bonchev–Trinajstić information content (AvgIpc) is 3.31. The van der Waals surface area contributed by atoms with E-state index in [4.69, 9.17) is 9.47 Å². The number of hydrogen-bond acceptors (Lipinski definition) is 5. The summed E-state index contributed by atoms with van der Waals surface area (Å²) in [5, 5.41) is 17.6. The summed E-state index contributed by atoms with van der Waals surface area (Å²) >= 11 is 0. The highest BCUT2D eigenvalue weighted by molar-refractivity contribution is 6.00. The van der Waals surface area contributed by atoms with Gasteiger partial charge in [0.15, 0.2) is 11.5 Å². The van der Waals surface area contributed by atoms with Crippen LogP contribution in [-0.2, 0) is 0 Å². The van der Waals surface area contributed by atoms with Crippen molar-refractivity contribution in [1.29, 1.82) is 0 Å². The van der Waals surface area contributed by atoms with Crippen molar-refractivity contribution in [1.82, 2.24) is 15.1 Å². The minimum Gasteiger partial charge on any atom is -0.507 e. The lowest BCUT2D eigenvalue weighted by Crippen LogP contribution is -2.29. The molecule has 1 amide bonds. The number of para-hydroxylation sites is 1. The third-order valence-corrected chi connectivity index (χ3v) is 5.33. The number of phenols is 1. The number of amides is 1. The zero-order valence-electron chi connectivity index (χ0n) is 17.3. The molecule has 1 aliphatic heterocycles. The molecule has 0 saturated carbocycles. The number of nitrogens with one attached hydrogen (secondary N) is 1. The van der Waals surface area contributed by atoms with Crippen LogP contribution in [0.2, 0.25) is 0 Å². The molecule has 1 aliphatic rings. The first-order chi connectivity index (χ1) is 14.6. The van der Waals surface area contributed by atoms with Gasteiger partial charge in [-0.3, -0.25) is 9.89 Å². The summed E-state index contributed by atoms with van der Waals surface area (Å²) in [4.78, 5) is 14.8. The molecule has 156 valence electrons. The molecule has 1 atom stereocenters. The Labute approximate surface area is 175 Å². The molecular formula is C23H25N3O4. The predicted octanol–water partition coefficient (Wildman–Crippen LogP) is 4.14. The molecule has 30 heavy (non-hydrogen) atoms. The second kappa shape index (κ2) is 8.10. The Morgan fingerprint density at radius 1 is 1.17 bits per heavy atom. The number of phenolic OH excluding ortho intramolecular Hbond substituents is 1. The summed E-state index contributed by atoms with van der Waals surface area (Å²) in [5.74, 6) is 1.29. The van der Waals surface area contributed by atoms with Crippen LogP contribution < -0.4 is 9.47 Å². The van der Waals surface area contributed by atoms with Gasteiger partial charge in [-0.2, -0.15) is 5.10 Å². The SMILES string of the molecule is CCCOc1ccc([C@@H]2c3c(-c4ccccc4O)n[nH]c3C(=O)N2CC)cc1OC. The number of hydrogen-bond donors (Lipinski definition) is 2. The van der Waals surface area contributed by atoms with Crippen LogP contribution in [0.3, 0.4) is 0 Å². The van der Waals surface area contributed by atoms with E-state index in [0.717, 1.165) is 17.5 Å². The van der Waals surface area contributed by atoms with Crippen LogP contribution in [0.25, 0.3) is 11.3 Å². The predicted molar refractivity (Wildman–Crippen MR) is 113 cm³/mol. The van der Waals surface area contributed by atoms with Crippen LogP contribution in [-0.4, -0.2) is 46.4 Å². The van der Waals surface area contributed by atoms with Gasteiger partial charge >= 0.3 is 0 Å². The van der Waals surface area contributed by atoms with Crippen LogP contribution >= 0.6 is 0 Å². The van der Waals surface area contributed by atoms with Crippen molar-refractivity contribution >= 4 is 5.91 Å². The maximum atomic E-state index is 13.0. The van der Waals surface area contributed by atoms with Gasteiger partial charge in [-0.1, -0.05) is 25.1 Å². The highest BCUT2D eigenvalue weighted by Crippen LogP contribution is 2.45. The van der Waals surface area contributed by atoms with Gasteiger partial charge in [0.1, 0.15) is 17.1 Å². The molecule has 0 bridgehead atoms. The number of rotatable bonds is 7. The number of aromatic amines is 1. The normalized spacial score (nSPS) is 15.4. The van der Waals surface area contributed by atoms with Crippen molar-refractivity contribution in [2.24, 2.45) is 0 Å². The van der Waals surface area contributed by atoms with Gasteiger partial charge in [0.2, 0.25) is 0 Å². The number of ether oxygens (including phenoxy) is 2. The lowest BCUT2D eigenvalue weighted by Gasteiger charge is -2.25. The van der Waals surface area contributed by atoms with Crippen molar-refractivity contribution in [2.45, 2.75) is 26.3 Å². The summed E-state index contributed by atoms with van der Waals surface area (Å²) in [7, 11) is 1.60. The van der Waals surface area contributed by atoms with E-state index in [-0.39, 0.29) is 17.7 Å². The molecule has 2 heterocycles. The first-order valence-electron chi connectivity index (χ1n) is 10.1. The zero-order valence-corrected chi connectivity index (χ0v) is 17.3. The summed E-state index contributed by atoms with van der Waals surface area (Å²) in [6.07, 6.45) is 0.897. The molecule has 0 spiro atoms. The van der Waals surface area contributed by atoms with E-state index in [1.165, 1.54) is 0 Å². The summed E-state index contributed by atoms with van der Waals surface area (Å²) in [5.41, 5.74) is 3.25. The minimum absolute atomic E-state index is 0.114. The van der Waals surface area contributed by atoms with Crippen LogP contribution in [0, 0.1) is 0 Å². The highest BCUT2D eigenvalue weighted by atomic mass is 16.5. The van der Waals surface area contributed by atoms with E-state index in [9.17, 15) is 9.90 Å². The number of methoxy groups -OCH3 is 1. The topological polar surface area (TPSA) is 87.7 Å². The highest BCUT2D eigenvalue weighted by Gasteiger charge is 2.42. The number of aromatic hydroxyl groups is 1. The molecule has 0 aliphatic carbocycles. The summed E-state index contributed by atoms with van der Waals surface area (Å²) in [6.45, 7) is 5.12. The number of carbonyl (C=O) groups is 1. The fourth-order valence-corrected chi connectivity index (χ4v) is 3.93. The maximum Gasteiger partial charge on any atom is 0.273 e. The van der Waals surface area contributed by atoms with Crippen LogP contribution in [0.4, 0.5) is 0 Å². The van der Waals surface area contributed by atoms with Crippen LogP contribution in [0.1, 0.15) is 47.9 Å². The van der Waals surface area contributed by atoms with E-state index in [0.29, 0.717) is 41.6 Å². The van der Waals surface area contributed by atoms with E-state index < -0.39 is 0 Å². The molecule has 0 unspecified atom stereocenters. The smallest absolute Gasteiger partial charge is 0.273 e. The molecule has 3 aromatic rings. The van der Waals surface area contributed by atoms with Gasteiger partial charge in [0.25, 0.3) is 5.91 Å². The van der Waals surface area contributed by atoms with Crippen LogP contribution in [0.15, 0.2) is 42.5 Å². The van der Waals surface area contributed by atoms with Gasteiger partial charge < -0.3 is 19.5 Å². The van der Waals surface area contributed by atoms with Gasteiger partial charge in [0, 0.05) is 17.7 Å². The molecule has 0 saturated heterocycles. The molecule has 2 N–H and O–H groups in total. The van der Waals surface area contributed by atoms with E-state index in [1.54, 1.807) is 30.2 Å². The molecule has 1 aromatic heterocycles. The Balaban J connectivity index is 1.84. The number of aromatic nitrogens is 2.